The monoisotopic (exact) mass is 449 g/mol. The van der Waals surface area contributed by atoms with E-state index in [-0.39, 0.29) is 5.57 Å². The van der Waals surface area contributed by atoms with Gasteiger partial charge in [-0.1, -0.05) is 22.0 Å². The van der Waals surface area contributed by atoms with Crippen LogP contribution < -0.4 is 10.1 Å². The molecule has 5 nitrogen and oxygen atoms in total. The first-order valence-corrected chi connectivity index (χ1v) is 9.74. The first-order valence-electron chi connectivity index (χ1n) is 8.95. The molecule has 0 atom stereocenters. The Balaban J connectivity index is 1.91. The van der Waals surface area contributed by atoms with Gasteiger partial charge in [-0.05, 0) is 74.0 Å². The number of ether oxygens (including phenoxy) is 1. The van der Waals surface area contributed by atoms with Crippen molar-refractivity contribution in [1.29, 1.82) is 5.26 Å². The van der Waals surface area contributed by atoms with E-state index < -0.39 is 5.91 Å². The van der Waals surface area contributed by atoms with Gasteiger partial charge in [0.25, 0.3) is 5.91 Å². The van der Waals surface area contributed by atoms with E-state index in [0.717, 1.165) is 32.9 Å². The Labute approximate surface area is 178 Å². The van der Waals surface area contributed by atoms with Crippen LogP contribution in [0.5, 0.6) is 5.75 Å². The molecule has 0 spiro atoms. The molecule has 146 valence electrons. The van der Waals surface area contributed by atoms with Crippen LogP contribution in [0.3, 0.4) is 0 Å². The quantitative estimate of drug-likeness (QED) is 0.418. The predicted molar refractivity (Wildman–Crippen MR) is 118 cm³/mol. The summed E-state index contributed by atoms with van der Waals surface area (Å²) in [5.41, 5.74) is 4.41. The van der Waals surface area contributed by atoms with Crippen LogP contribution in [0.15, 0.2) is 64.6 Å². The highest BCUT2D eigenvalue weighted by atomic mass is 79.9. The molecule has 0 aliphatic heterocycles. The van der Waals surface area contributed by atoms with Gasteiger partial charge in [0.05, 0.1) is 7.11 Å². The van der Waals surface area contributed by atoms with Gasteiger partial charge >= 0.3 is 0 Å². The molecule has 1 aromatic heterocycles. The van der Waals surface area contributed by atoms with Gasteiger partial charge in [-0.2, -0.15) is 5.26 Å². The SMILES string of the molecule is COc1ccc(-n2c(C)cc(/C=C(/C#N)C(=O)Nc3cccc(Br)c3)c2C)cc1. The van der Waals surface area contributed by atoms with Crippen LogP contribution in [-0.2, 0) is 4.79 Å². The first-order chi connectivity index (χ1) is 13.9. The molecule has 0 radical (unpaired) electrons. The summed E-state index contributed by atoms with van der Waals surface area (Å²) in [7, 11) is 1.63. The number of carbonyl (C=O) groups is 1. The van der Waals surface area contributed by atoms with Crippen molar-refractivity contribution in [3.63, 3.8) is 0 Å². The summed E-state index contributed by atoms with van der Waals surface area (Å²) in [6.45, 7) is 3.95. The van der Waals surface area contributed by atoms with Crippen LogP contribution in [0.1, 0.15) is 17.0 Å². The molecule has 2 aromatic carbocycles. The Hall–Kier alpha value is -3.30. The van der Waals surface area contributed by atoms with Crippen molar-refractivity contribution in [3.05, 3.63) is 81.6 Å². The third-order valence-electron chi connectivity index (χ3n) is 4.55. The molecule has 1 N–H and O–H groups in total. The van der Waals surface area contributed by atoms with Crippen LogP contribution in [0.2, 0.25) is 0 Å². The predicted octanol–water partition coefficient (Wildman–Crippen LogP) is 5.41. The molecule has 3 rings (SSSR count). The fourth-order valence-electron chi connectivity index (χ4n) is 3.13. The number of amides is 1. The third kappa shape index (κ3) is 4.58. The van der Waals surface area contributed by atoms with E-state index in [9.17, 15) is 10.1 Å². The second-order valence-electron chi connectivity index (χ2n) is 6.49. The second kappa shape index (κ2) is 8.80. The molecule has 0 saturated heterocycles. The zero-order valence-corrected chi connectivity index (χ0v) is 17.9. The number of methoxy groups -OCH3 is 1. The van der Waals surface area contributed by atoms with Crippen LogP contribution >= 0.6 is 15.9 Å². The molecule has 6 heteroatoms. The maximum absolute atomic E-state index is 12.6. The summed E-state index contributed by atoms with van der Waals surface area (Å²) in [6.07, 6.45) is 1.62. The van der Waals surface area contributed by atoms with Crippen LogP contribution in [0.25, 0.3) is 11.8 Å². The van der Waals surface area contributed by atoms with Crippen molar-refractivity contribution in [3.8, 4) is 17.5 Å². The van der Waals surface area contributed by atoms with Crippen molar-refractivity contribution in [2.75, 3.05) is 12.4 Å². The number of hydrogen-bond donors (Lipinski definition) is 1. The molecule has 0 fully saturated rings. The van der Waals surface area contributed by atoms with Gasteiger partial charge in [0.15, 0.2) is 0 Å². The normalized spacial score (nSPS) is 11.1. The van der Waals surface area contributed by atoms with E-state index in [1.807, 2.05) is 62.4 Å². The average molecular weight is 450 g/mol. The standard InChI is InChI=1S/C23H20BrN3O2/c1-15-11-17(16(2)27(15)21-7-9-22(29-3)10-8-21)12-18(14-25)23(28)26-20-6-4-5-19(24)13-20/h4-13H,1-3H3,(H,26,28)/b18-12-. The summed E-state index contributed by atoms with van der Waals surface area (Å²) in [5, 5.41) is 12.3. The second-order valence-corrected chi connectivity index (χ2v) is 7.41. The lowest BCUT2D eigenvalue weighted by atomic mass is 10.1. The minimum Gasteiger partial charge on any atom is -0.497 e. The maximum Gasteiger partial charge on any atom is 0.266 e. The molecule has 0 aliphatic carbocycles. The van der Waals surface area contributed by atoms with Gasteiger partial charge in [0, 0.05) is 27.2 Å². The van der Waals surface area contributed by atoms with Crippen molar-refractivity contribution in [2.45, 2.75) is 13.8 Å². The number of nitrogens with one attached hydrogen (secondary N) is 1. The third-order valence-corrected chi connectivity index (χ3v) is 5.04. The van der Waals surface area contributed by atoms with Gasteiger partial charge in [-0.25, -0.2) is 0 Å². The van der Waals surface area contributed by atoms with Gasteiger partial charge < -0.3 is 14.6 Å². The van der Waals surface area contributed by atoms with Gasteiger partial charge in [0.1, 0.15) is 17.4 Å². The van der Waals surface area contributed by atoms with Crippen molar-refractivity contribution >= 4 is 33.6 Å². The fraction of sp³-hybridized carbons (Fsp3) is 0.130. The lowest BCUT2D eigenvalue weighted by Crippen LogP contribution is -2.13. The zero-order valence-electron chi connectivity index (χ0n) is 16.4. The van der Waals surface area contributed by atoms with Gasteiger partial charge in [-0.15, -0.1) is 0 Å². The number of aromatic nitrogens is 1. The number of carbonyl (C=O) groups excluding carboxylic acids is 1. The molecule has 0 unspecified atom stereocenters. The first kappa shape index (κ1) is 20.4. The summed E-state index contributed by atoms with van der Waals surface area (Å²) >= 11 is 3.37. The highest BCUT2D eigenvalue weighted by molar-refractivity contribution is 9.10. The maximum atomic E-state index is 12.6. The summed E-state index contributed by atoms with van der Waals surface area (Å²) in [6, 6.07) is 18.9. The Morgan fingerprint density at radius 2 is 1.90 bits per heavy atom. The summed E-state index contributed by atoms with van der Waals surface area (Å²) in [5.74, 6) is 0.340. The number of benzene rings is 2. The Kier molecular flexibility index (Phi) is 6.20. The molecule has 29 heavy (non-hydrogen) atoms. The highest BCUT2D eigenvalue weighted by Gasteiger charge is 2.14. The fourth-order valence-corrected chi connectivity index (χ4v) is 3.53. The number of aryl methyl sites for hydroxylation is 1. The van der Waals surface area contributed by atoms with Crippen molar-refractivity contribution in [1.82, 2.24) is 4.57 Å². The number of nitrogens with zero attached hydrogens (tertiary/aromatic N) is 2. The molecule has 1 amide bonds. The lowest BCUT2D eigenvalue weighted by molar-refractivity contribution is -0.112. The number of anilines is 1. The molecular formula is C23H20BrN3O2. The zero-order chi connectivity index (χ0) is 21.0. The van der Waals surface area contributed by atoms with E-state index in [1.165, 1.54) is 0 Å². The minimum absolute atomic E-state index is 0.0416. The number of hydrogen-bond acceptors (Lipinski definition) is 3. The van der Waals surface area contributed by atoms with E-state index in [4.69, 9.17) is 4.74 Å². The summed E-state index contributed by atoms with van der Waals surface area (Å²) in [4.78, 5) is 12.6. The largest absolute Gasteiger partial charge is 0.497 e. The Morgan fingerprint density at radius 3 is 2.52 bits per heavy atom. The topological polar surface area (TPSA) is 67.0 Å². The molecule has 3 aromatic rings. The van der Waals surface area contributed by atoms with E-state index in [2.05, 4.69) is 25.8 Å². The number of halogens is 1. The minimum atomic E-state index is -0.445. The van der Waals surface area contributed by atoms with Crippen molar-refractivity contribution in [2.24, 2.45) is 0 Å². The summed E-state index contributed by atoms with van der Waals surface area (Å²) < 4.78 is 8.14. The molecular weight excluding hydrogens is 430 g/mol. The molecule has 1 heterocycles. The average Bonchev–Trinajstić information content (AvgIpc) is 2.99. The van der Waals surface area contributed by atoms with E-state index >= 15 is 0 Å². The smallest absolute Gasteiger partial charge is 0.266 e. The van der Waals surface area contributed by atoms with Crippen LogP contribution in [-0.4, -0.2) is 17.6 Å². The lowest BCUT2D eigenvalue weighted by Gasteiger charge is -2.10. The Bertz CT molecular complexity index is 1120. The van der Waals surface area contributed by atoms with Crippen LogP contribution in [0.4, 0.5) is 5.69 Å². The van der Waals surface area contributed by atoms with Gasteiger partial charge in [-0.3, -0.25) is 4.79 Å². The molecule has 0 saturated carbocycles. The number of rotatable bonds is 5. The van der Waals surface area contributed by atoms with E-state index in [0.29, 0.717) is 5.69 Å². The highest BCUT2D eigenvalue weighted by Crippen LogP contribution is 2.25. The van der Waals surface area contributed by atoms with Crippen LogP contribution in [0, 0.1) is 25.2 Å². The molecule has 0 bridgehead atoms. The van der Waals surface area contributed by atoms with Crippen molar-refractivity contribution < 1.29 is 9.53 Å². The number of nitriles is 1. The van der Waals surface area contributed by atoms with E-state index in [1.54, 1.807) is 25.3 Å². The van der Waals surface area contributed by atoms with Gasteiger partial charge in [0.2, 0.25) is 0 Å². The Morgan fingerprint density at radius 1 is 1.17 bits per heavy atom. The molecule has 0 aliphatic rings.